The molecule has 1 N–H and O–H groups in total. The molecule has 0 bridgehead atoms. The van der Waals surface area contributed by atoms with E-state index >= 15 is 0 Å². The number of halogens is 1. The van der Waals surface area contributed by atoms with Crippen molar-refractivity contribution in [3.8, 4) is 0 Å². The highest BCUT2D eigenvalue weighted by atomic mass is 127. The molecule has 7 heteroatoms. The number of unbranched alkanes of at least 4 members (excludes halogenated alkanes) is 1. The zero-order valence-electron chi connectivity index (χ0n) is 19.2. The number of hydrogen-bond acceptors (Lipinski definition) is 3. The summed E-state index contributed by atoms with van der Waals surface area (Å²) in [5.41, 5.74) is 0. The van der Waals surface area contributed by atoms with Crippen molar-refractivity contribution < 1.29 is 4.79 Å². The fourth-order valence-corrected chi connectivity index (χ4v) is 4.23. The lowest BCUT2D eigenvalue weighted by Gasteiger charge is -2.25. The van der Waals surface area contributed by atoms with Gasteiger partial charge in [0.2, 0.25) is 5.91 Å². The summed E-state index contributed by atoms with van der Waals surface area (Å²) >= 11 is 0. The summed E-state index contributed by atoms with van der Waals surface area (Å²) < 4.78 is 0. The van der Waals surface area contributed by atoms with Crippen LogP contribution < -0.4 is 5.32 Å². The Kier molecular flexibility index (Phi) is 13.2. The van der Waals surface area contributed by atoms with Gasteiger partial charge in [-0.15, -0.1) is 24.0 Å². The van der Waals surface area contributed by atoms with E-state index in [4.69, 9.17) is 4.99 Å². The molecule has 0 spiro atoms. The summed E-state index contributed by atoms with van der Waals surface area (Å²) in [5.74, 6) is 2.40. The summed E-state index contributed by atoms with van der Waals surface area (Å²) in [6.45, 7) is 11.6. The molecule has 0 aliphatic carbocycles. The van der Waals surface area contributed by atoms with Crippen LogP contribution in [0.5, 0.6) is 0 Å². The zero-order chi connectivity index (χ0) is 20.4. The minimum Gasteiger partial charge on any atom is -0.356 e. The number of hydrogen-bond donors (Lipinski definition) is 1. The van der Waals surface area contributed by atoms with Crippen LogP contribution in [0, 0.1) is 11.8 Å². The summed E-state index contributed by atoms with van der Waals surface area (Å²) in [7, 11) is 3.59. The van der Waals surface area contributed by atoms with Crippen molar-refractivity contribution >= 4 is 35.8 Å². The third-order valence-corrected chi connectivity index (χ3v) is 6.26. The number of aliphatic imine (C=N–C) groups is 1. The monoisotopic (exact) mass is 521 g/mol. The van der Waals surface area contributed by atoms with Gasteiger partial charge in [-0.05, 0) is 50.6 Å². The third-order valence-electron chi connectivity index (χ3n) is 6.26. The van der Waals surface area contributed by atoms with Crippen molar-refractivity contribution in [2.45, 2.75) is 58.8 Å². The van der Waals surface area contributed by atoms with Gasteiger partial charge >= 0.3 is 0 Å². The first-order valence-electron chi connectivity index (χ1n) is 11.5. The number of amides is 1. The van der Waals surface area contributed by atoms with E-state index in [1.54, 1.807) is 19.0 Å². The SMILES string of the molecule is CCCCC(CC)CNC(=NCC(=O)N(C)C)N1CCC(CN2CCCC2)C1.I. The Balaban J connectivity index is 0.00000420. The Morgan fingerprint density at radius 3 is 2.55 bits per heavy atom. The van der Waals surface area contributed by atoms with Crippen molar-refractivity contribution in [2.24, 2.45) is 16.8 Å². The molecular formula is C22H44IN5O. The molecule has 2 aliphatic rings. The number of likely N-dealkylation sites (N-methyl/N-ethyl adjacent to an activating group) is 1. The van der Waals surface area contributed by atoms with E-state index in [0.29, 0.717) is 5.92 Å². The lowest BCUT2D eigenvalue weighted by molar-refractivity contribution is -0.127. The summed E-state index contributed by atoms with van der Waals surface area (Å²) in [4.78, 5) is 23.4. The zero-order valence-corrected chi connectivity index (χ0v) is 21.5. The van der Waals surface area contributed by atoms with Gasteiger partial charge in [-0.25, -0.2) is 4.99 Å². The van der Waals surface area contributed by atoms with E-state index in [0.717, 1.165) is 31.5 Å². The molecule has 0 aromatic carbocycles. The molecule has 0 aromatic rings. The molecule has 1 amide bonds. The van der Waals surface area contributed by atoms with Crippen LogP contribution in [0.4, 0.5) is 0 Å². The maximum absolute atomic E-state index is 12.1. The predicted octanol–water partition coefficient (Wildman–Crippen LogP) is 3.27. The van der Waals surface area contributed by atoms with Gasteiger partial charge in [0.15, 0.2) is 5.96 Å². The number of likely N-dealkylation sites (tertiary alicyclic amines) is 2. The van der Waals surface area contributed by atoms with E-state index < -0.39 is 0 Å². The second-order valence-electron chi connectivity index (χ2n) is 8.83. The smallest absolute Gasteiger partial charge is 0.243 e. The lowest BCUT2D eigenvalue weighted by atomic mass is 9.99. The molecule has 170 valence electrons. The summed E-state index contributed by atoms with van der Waals surface area (Å²) in [6, 6.07) is 0. The Morgan fingerprint density at radius 2 is 1.93 bits per heavy atom. The summed E-state index contributed by atoms with van der Waals surface area (Å²) in [6.07, 6.45) is 8.93. The molecule has 0 radical (unpaired) electrons. The second-order valence-corrected chi connectivity index (χ2v) is 8.83. The van der Waals surface area contributed by atoms with Crippen LogP contribution in [-0.4, -0.2) is 86.5 Å². The topological polar surface area (TPSA) is 51.2 Å². The maximum Gasteiger partial charge on any atom is 0.243 e. The van der Waals surface area contributed by atoms with Gasteiger partial charge in [-0.3, -0.25) is 4.79 Å². The molecule has 0 saturated carbocycles. The van der Waals surface area contributed by atoms with Gasteiger partial charge in [0.25, 0.3) is 0 Å². The Labute approximate surface area is 195 Å². The quantitative estimate of drug-likeness (QED) is 0.273. The van der Waals surface area contributed by atoms with Crippen LogP contribution in [0.1, 0.15) is 58.8 Å². The molecule has 2 rings (SSSR count). The number of nitrogens with one attached hydrogen (secondary N) is 1. The average molecular weight is 522 g/mol. The van der Waals surface area contributed by atoms with Crippen molar-refractivity contribution in [3.63, 3.8) is 0 Å². The van der Waals surface area contributed by atoms with Gasteiger partial charge in [-0.1, -0.05) is 33.1 Å². The van der Waals surface area contributed by atoms with Crippen molar-refractivity contribution in [1.29, 1.82) is 0 Å². The third kappa shape index (κ3) is 9.40. The van der Waals surface area contributed by atoms with E-state index in [1.165, 1.54) is 64.6 Å². The number of rotatable bonds is 10. The fraction of sp³-hybridized carbons (Fsp3) is 0.909. The lowest BCUT2D eigenvalue weighted by Crippen LogP contribution is -2.43. The van der Waals surface area contributed by atoms with Crippen LogP contribution in [0.15, 0.2) is 4.99 Å². The van der Waals surface area contributed by atoms with Gasteiger partial charge < -0.3 is 20.0 Å². The number of nitrogens with zero attached hydrogens (tertiary/aromatic N) is 4. The Morgan fingerprint density at radius 1 is 1.21 bits per heavy atom. The predicted molar refractivity (Wildman–Crippen MR) is 133 cm³/mol. The molecule has 6 nitrogen and oxygen atoms in total. The average Bonchev–Trinajstić information content (AvgIpc) is 3.36. The van der Waals surface area contributed by atoms with Crippen LogP contribution in [0.2, 0.25) is 0 Å². The van der Waals surface area contributed by atoms with Crippen LogP contribution in [0.25, 0.3) is 0 Å². The van der Waals surface area contributed by atoms with Gasteiger partial charge in [0.1, 0.15) is 6.54 Å². The molecule has 2 atom stereocenters. The first kappa shape index (κ1) is 26.5. The maximum atomic E-state index is 12.1. The molecule has 2 aliphatic heterocycles. The highest BCUT2D eigenvalue weighted by Gasteiger charge is 2.27. The molecule has 29 heavy (non-hydrogen) atoms. The van der Waals surface area contributed by atoms with Crippen molar-refractivity contribution in [1.82, 2.24) is 20.0 Å². The standard InChI is InChI=1S/C22H43N5O.HI/c1-5-7-10-19(6-2)15-23-22(24-16-21(28)25(3)4)27-14-11-20(18-27)17-26-12-8-9-13-26;/h19-20H,5-18H2,1-4H3,(H,23,24);1H. The van der Waals surface area contributed by atoms with Crippen LogP contribution in [0.3, 0.4) is 0 Å². The largest absolute Gasteiger partial charge is 0.356 e. The van der Waals surface area contributed by atoms with Gasteiger partial charge in [0.05, 0.1) is 0 Å². The minimum absolute atomic E-state index is 0. The minimum atomic E-state index is 0. The van der Waals surface area contributed by atoms with Crippen molar-refractivity contribution in [3.05, 3.63) is 0 Å². The highest BCUT2D eigenvalue weighted by molar-refractivity contribution is 14.0. The molecule has 0 aromatic heterocycles. The molecule has 2 unspecified atom stereocenters. The van der Waals surface area contributed by atoms with E-state index in [2.05, 4.69) is 29.0 Å². The Hall–Kier alpha value is -0.570. The van der Waals surface area contributed by atoms with E-state index in [-0.39, 0.29) is 36.4 Å². The highest BCUT2D eigenvalue weighted by Crippen LogP contribution is 2.20. The number of guanidine groups is 1. The van der Waals surface area contributed by atoms with Gasteiger partial charge in [-0.2, -0.15) is 0 Å². The molecule has 2 fully saturated rings. The first-order valence-corrected chi connectivity index (χ1v) is 11.5. The molecular weight excluding hydrogens is 477 g/mol. The first-order chi connectivity index (χ1) is 13.5. The summed E-state index contributed by atoms with van der Waals surface area (Å²) in [5, 5.41) is 3.62. The number of carbonyl (C=O) groups excluding carboxylic acids is 1. The molecule has 2 heterocycles. The van der Waals surface area contributed by atoms with E-state index in [9.17, 15) is 4.79 Å². The molecule has 2 saturated heterocycles. The van der Waals surface area contributed by atoms with Gasteiger partial charge in [0, 0.05) is 40.3 Å². The van der Waals surface area contributed by atoms with Crippen LogP contribution in [-0.2, 0) is 4.79 Å². The van der Waals surface area contributed by atoms with Crippen LogP contribution >= 0.6 is 24.0 Å². The fourth-order valence-electron chi connectivity index (χ4n) is 4.23. The van der Waals surface area contributed by atoms with Crippen molar-refractivity contribution in [2.75, 3.05) is 59.9 Å². The normalized spacial score (nSPS) is 21.2. The number of carbonyl (C=O) groups is 1. The van der Waals surface area contributed by atoms with E-state index in [1.807, 2.05) is 0 Å². The second kappa shape index (κ2) is 14.4. The Bertz CT molecular complexity index is 494.